The molecule has 0 aliphatic heterocycles. The number of hydrogen-bond acceptors (Lipinski definition) is 2. The van der Waals surface area contributed by atoms with E-state index in [1.165, 1.54) is 0 Å². The molecular formula is C12H9BrINO. The van der Waals surface area contributed by atoms with E-state index in [0.717, 1.165) is 19.4 Å². The molecule has 0 atom stereocenters. The third-order valence-electron chi connectivity index (χ3n) is 2.04. The number of ether oxygens (including phenoxy) is 1. The van der Waals surface area contributed by atoms with Crippen LogP contribution in [0.1, 0.15) is 5.56 Å². The molecule has 0 aliphatic rings. The van der Waals surface area contributed by atoms with Crippen LogP contribution in [-0.2, 0) is 0 Å². The summed E-state index contributed by atoms with van der Waals surface area (Å²) in [5.41, 5.74) is 1.11. The van der Waals surface area contributed by atoms with Crippen LogP contribution >= 0.6 is 38.5 Å². The van der Waals surface area contributed by atoms with Gasteiger partial charge in [0.1, 0.15) is 5.75 Å². The minimum Gasteiger partial charge on any atom is -0.439 e. The van der Waals surface area contributed by atoms with E-state index in [4.69, 9.17) is 4.74 Å². The van der Waals surface area contributed by atoms with E-state index in [-0.39, 0.29) is 0 Å². The zero-order valence-corrected chi connectivity index (χ0v) is 12.3. The number of pyridine rings is 1. The molecule has 0 N–H and O–H groups in total. The van der Waals surface area contributed by atoms with Gasteiger partial charge in [-0.15, -0.1) is 0 Å². The first-order valence-corrected chi connectivity index (χ1v) is 6.58. The number of aromatic nitrogens is 1. The molecule has 1 aromatic heterocycles. The van der Waals surface area contributed by atoms with Crippen LogP contribution in [0.5, 0.6) is 11.6 Å². The van der Waals surface area contributed by atoms with Crippen LogP contribution < -0.4 is 4.74 Å². The SMILES string of the molecule is Cc1cc(Oc2cccc(I)c2)ncc1Br. The number of rotatable bonds is 2. The molecular weight excluding hydrogens is 381 g/mol. The van der Waals surface area contributed by atoms with Crippen molar-refractivity contribution in [3.05, 3.63) is 50.1 Å². The van der Waals surface area contributed by atoms with Crippen molar-refractivity contribution in [3.8, 4) is 11.6 Å². The molecule has 2 rings (SSSR count). The van der Waals surface area contributed by atoms with Gasteiger partial charge in [0.2, 0.25) is 5.88 Å². The van der Waals surface area contributed by atoms with Crippen molar-refractivity contribution >= 4 is 38.5 Å². The Kier molecular flexibility index (Phi) is 3.81. The Morgan fingerprint density at radius 1 is 1.31 bits per heavy atom. The predicted molar refractivity (Wildman–Crippen MR) is 75.9 cm³/mol. The van der Waals surface area contributed by atoms with Gasteiger partial charge >= 0.3 is 0 Å². The molecule has 0 fully saturated rings. The van der Waals surface area contributed by atoms with Gasteiger partial charge in [-0.05, 0) is 69.2 Å². The molecule has 16 heavy (non-hydrogen) atoms. The van der Waals surface area contributed by atoms with Crippen LogP contribution in [-0.4, -0.2) is 4.98 Å². The first-order chi connectivity index (χ1) is 7.65. The summed E-state index contributed by atoms with van der Waals surface area (Å²) in [4.78, 5) is 4.19. The lowest BCUT2D eigenvalue weighted by Gasteiger charge is -2.06. The molecule has 0 saturated heterocycles. The smallest absolute Gasteiger partial charge is 0.219 e. The van der Waals surface area contributed by atoms with Crippen molar-refractivity contribution in [2.75, 3.05) is 0 Å². The predicted octanol–water partition coefficient (Wildman–Crippen LogP) is 4.55. The largest absolute Gasteiger partial charge is 0.439 e. The summed E-state index contributed by atoms with van der Waals surface area (Å²) >= 11 is 5.66. The highest BCUT2D eigenvalue weighted by Crippen LogP contribution is 2.24. The molecule has 82 valence electrons. The van der Waals surface area contributed by atoms with Crippen molar-refractivity contribution in [3.63, 3.8) is 0 Å². The highest BCUT2D eigenvalue weighted by atomic mass is 127. The Morgan fingerprint density at radius 2 is 2.12 bits per heavy atom. The maximum Gasteiger partial charge on any atom is 0.219 e. The molecule has 4 heteroatoms. The van der Waals surface area contributed by atoms with Gasteiger partial charge in [0, 0.05) is 20.3 Å². The fourth-order valence-corrected chi connectivity index (χ4v) is 1.95. The molecule has 0 aliphatic carbocycles. The third kappa shape index (κ3) is 2.95. The highest BCUT2D eigenvalue weighted by Gasteiger charge is 2.01. The van der Waals surface area contributed by atoms with Gasteiger partial charge < -0.3 is 4.74 Å². The van der Waals surface area contributed by atoms with Crippen molar-refractivity contribution in [2.24, 2.45) is 0 Å². The van der Waals surface area contributed by atoms with Crippen LogP contribution in [0, 0.1) is 10.5 Å². The summed E-state index contributed by atoms with van der Waals surface area (Å²) in [5.74, 6) is 1.42. The lowest BCUT2D eigenvalue weighted by Crippen LogP contribution is -1.89. The summed E-state index contributed by atoms with van der Waals surface area (Å²) in [6, 6.07) is 9.78. The second-order valence-corrected chi connectivity index (χ2v) is 5.43. The molecule has 0 amide bonds. The second-order valence-electron chi connectivity index (χ2n) is 3.33. The number of hydrogen-bond donors (Lipinski definition) is 0. The standard InChI is InChI=1S/C12H9BrINO/c1-8-5-12(15-7-11(8)13)16-10-4-2-3-9(14)6-10/h2-7H,1H3. The van der Waals surface area contributed by atoms with Crippen LogP contribution in [0.2, 0.25) is 0 Å². The summed E-state index contributed by atoms with van der Waals surface area (Å²) in [7, 11) is 0. The van der Waals surface area contributed by atoms with Crippen LogP contribution in [0.25, 0.3) is 0 Å². The molecule has 0 bridgehead atoms. The van der Waals surface area contributed by atoms with Gasteiger partial charge in [-0.3, -0.25) is 0 Å². The molecule has 2 nitrogen and oxygen atoms in total. The topological polar surface area (TPSA) is 22.1 Å². The second kappa shape index (κ2) is 5.14. The third-order valence-corrected chi connectivity index (χ3v) is 3.54. The number of nitrogens with zero attached hydrogens (tertiary/aromatic N) is 1. The minimum absolute atomic E-state index is 0.614. The molecule has 1 aromatic carbocycles. The normalized spacial score (nSPS) is 10.2. The lowest BCUT2D eigenvalue weighted by atomic mass is 10.3. The van der Waals surface area contributed by atoms with Crippen molar-refractivity contribution < 1.29 is 4.74 Å². The summed E-state index contributed by atoms with van der Waals surface area (Å²) < 4.78 is 7.79. The van der Waals surface area contributed by atoms with Crippen LogP contribution in [0.15, 0.2) is 41.0 Å². The Morgan fingerprint density at radius 3 is 2.81 bits per heavy atom. The molecule has 0 saturated carbocycles. The van der Waals surface area contributed by atoms with E-state index in [1.807, 2.05) is 37.3 Å². The number of aryl methyl sites for hydroxylation is 1. The molecule has 0 spiro atoms. The molecule has 0 radical (unpaired) electrons. The fraction of sp³-hybridized carbons (Fsp3) is 0.0833. The molecule has 1 heterocycles. The lowest BCUT2D eigenvalue weighted by molar-refractivity contribution is 0.462. The Balaban J connectivity index is 2.24. The Hall–Kier alpha value is -0.620. The van der Waals surface area contributed by atoms with Crippen molar-refractivity contribution in [2.45, 2.75) is 6.92 Å². The maximum atomic E-state index is 5.66. The summed E-state index contributed by atoms with van der Waals surface area (Å²) in [5, 5.41) is 0. The van der Waals surface area contributed by atoms with Crippen LogP contribution in [0.3, 0.4) is 0 Å². The van der Waals surface area contributed by atoms with Gasteiger partial charge in [0.25, 0.3) is 0 Å². The summed E-state index contributed by atoms with van der Waals surface area (Å²) in [6.45, 7) is 2.01. The highest BCUT2D eigenvalue weighted by molar-refractivity contribution is 14.1. The van der Waals surface area contributed by atoms with Crippen LogP contribution in [0.4, 0.5) is 0 Å². The molecule has 0 unspecified atom stereocenters. The van der Waals surface area contributed by atoms with Crippen molar-refractivity contribution in [1.82, 2.24) is 4.98 Å². The van der Waals surface area contributed by atoms with Gasteiger partial charge in [-0.1, -0.05) is 6.07 Å². The van der Waals surface area contributed by atoms with E-state index in [2.05, 4.69) is 43.5 Å². The number of benzene rings is 1. The van der Waals surface area contributed by atoms with Gasteiger partial charge in [0.15, 0.2) is 0 Å². The first-order valence-electron chi connectivity index (χ1n) is 4.71. The van der Waals surface area contributed by atoms with E-state index in [1.54, 1.807) is 6.20 Å². The minimum atomic E-state index is 0.614. The van der Waals surface area contributed by atoms with Gasteiger partial charge in [0.05, 0.1) is 0 Å². The van der Waals surface area contributed by atoms with Gasteiger partial charge in [-0.25, -0.2) is 4.98 Å². The number of halogens is 2. The Labute approximate surface area is 116 Å². The monoisotopic (exact) mass is 389 g/mol. The summed E-state index contributed by atoms with van der Waals surface area (Å²) in [6.07, 6.45) is 1.75. The van der Waals surface area contributed by atoms with Gasteiger partial charge in [-0.2, -0.15) is 0 Å². The quantitative estimate of drug-likeness (QED) is 0.703. The molecule has 2 aromatic rings. The first kappa shape index (κ1) is 11.9. The zero-order chi connectivity index (χ0) is 11.5. The Bertz CT molecular complexity index is 516. The fourth-order valence-electron chi connectivity index (χ4n) is 1.22. The van der Waals surface area contributed by atoms with E-state index in [9.17, 15) is 0 Å². The maximum absolute atomic E-state index is 5.66. The van der Waals surface area contributed by atoms with E-state index >= 15 is 0 Å². The van der Waals surface area contributed by atoms with Crippen molar-refractivity contribution in [1.29, 1.82) is 0 Å². The average molecular weight is 390 g/mol. The average Bonchev–Trinajstić information content (AvgIpc) is 2.24. The van der Waals surface area contributed by atoms with E-state index < -0.39 is 0 Å². The van der Waals surface area contributed by atoms with E-state index in [0.29, 0.717) is 5.88 Å². The zero-order valence-electron chi connectivity index (χ0n) is 8.58.